The van der Waals surface area contributed by atoms with Crippen molar-refractivity contribution in [3.05, 3.63) is 24.4 Å². The lowest BCUT2D eigenvalue weighted by Gasteiger charge is -2.28. The number of nitrogens with two attached hydrogens (primary N) is 1. The first-order valence-electron chi connectivity index (χ1n) is 4.52. The van der Waals surface area contributed by atoms with Gasteiger partial charge in [0.25, 0.3) is 0 Å². The molecule has 78 valence electrons. The Hall–Kier alpha value is -1.29. The topological polar surface area (TPSA) is 55.6 Å². The van der Waals surface area contributed by atoms with Crippen LogP contribution < -0.4 is 5.73 Å². The highest BCUT2D eigenvalue weighted by Crippen LogP contribution is 2.13. The number of rotatable bonds is 0. The lowest BCUT2D eigenvalue weighted by molar-refractivity contribution is 0.0298. The highest BCUT2D eigenvalue weighted by Gasteiger charge is 2.24. The number of ether oxygens (including phenoxy) is 1. The summed E-state index contributed by atoms with van der Waals surface area (Å²) in [4.78, 5) is 12.9. The normalized spacial score (nSPS) is 21.1. The van der Waals surface area contributed by atoms with Gasteiger partial charge in [0.1, 0.15) is 11.8 Å². The highest BCUT2D eigenvalue weighted by molar-refractivity contribution is 5.70. The van der Waals surface area contributed by atoms with E-state index in [1.807, 2.05) is 20.8 Å². The molecule has 0 saturated heterocycles. The Kier molecular flexibility index (Phi) is 2.96. The predicted molar refractivity (Wildman–Crippen MR) is 54.3 cm³/mol. The first kappa shape index (κ1) is 10.8. The van der Waals surface area contributed by atoms with E-state index in [9.17, 15) is 4.79 Å². The van der Waals surface area contributed by atoms with E-state index in [1.165, 1.54) is 4.90 Å². The molecule has 2 N–H and O–H groups in total. The first-order valence-corrected chi connectivity index (χ1v) is 4.52. The smallest absolute Gasteiger partial charge is 0.415 e. The molecule has 1 rings (SSSR count). The zero-order chi connectivity index (χ0) is 10.8. The van der Waals surface area contributed by atoms with E-state index in [-0.39, 0.29) is 0 Å². The third-order valence-electron chi connectivity index (χ3n) is 1.59. The minimum atomic E-state index is -0.494. The molecule has 1 aliphatic heterocycles. The quantitative estimate of drug-likeness (QED) is 0.640. The molecule has 1 aliphatic rings. The standard InChI is InChI=1S/C10H16N2O2/c1-10(2,3)14-9(13)12-7-5-4-6-8(12)11/h4-8H,11H2,1-3H3. The summed E-state index contributed by atoms with van der Waals surface area (Å²) in [7, 11) is 0. The van der Waals surface area contributed by atoms with Crippen molar-refractivity contribution >= 4 is 6.09 Å². The van der Waals surface area contributed by atoms with Gasteiger partial charge in [0, 0.05) is 6.20 Å². The van der Waals surface area contributed by atoms with Gasteiger partial charge in [-0.05, 0) is 32.9 Å². The lowest BCUT2D eigenvalue weighted by atomic mass is 10.2. The molecule has 4 heteroatoms. The molecule has 0 aliphatic carbocycles. The zero-order valence-corrected chi connectivity index (χ0v) is 8.73. The van der Waals surface area contributed by atoms with Crippen molar-refractivity contribution in [2.24, 2.45) is 5.73 Å². The summed E-state index contributed by atoms with van der Waals surface area (Å²) in [5.74, 6) is 0. The average Bonchev–Trinajstić information content (AvgIpc) is 2.01. The summed E-state index contributed by atoms with van der Waals surface area (Å²) in [5.41, 5.74) is 5.19. The van der Waals surface area contributed by atoms with Gasteiger partial charge in [-0.25, -0.2) is 4.79 Å². The van der Waals surface area contributed by atoms with Crippen LogP contribution in [-0.4, -0.2) is 22.8 Å². The Balaban J connectivity index is 2.62. The van der Waals surface area contributed by atoms with E-state index in [2.05, 4.69) is 0 Å². The highest BCUT2D eigenvalue weighted by atomic mass is 16.6. The second-order valence-corrected chi connectivity index (χ2v) is 4.10. The number of amides is 1. The van der Waals surface area contributed by atoms with E-state index in [0.717, 1.165) is 0 Å². The van der Waals surface area contributed by atoms with Gasteiger partial charge in [0.05, 0.1) is 0 Å². The summed E-state index contributed by atoms with van der Waals surface area (Å²) in [6.45, 7) is 5.46. The Morgan fingerprint density at radius 1 is 1.43 bits per heavy atom. The van der Waals surface area contributed by atoms with Crippen LogP contribution in [-0.2, 0) is 4.74 Å². The van der Waals surface area contributed by atoms with Crippen LogP contribution in [0, 0.1) is 0 Å². The first-order chi connectivity index (χ1) is 6.40. The van der Waals surface area contributed by atoms with Crippen LogP contribution in [0.1, 0.15) is 20.8 Å². The van der Waals surface area contributed by atoms with E-state index < -0.39 is 17.9 Å². The molecule has 1 unspecified atom stereocenters. The molecule has 0 aromatic rings. The molecule has 0 saturated carbocycles. The maximum absolute atomic E-state index is 11.6. The molecule has 4 nitrogen and oxygen atoms in total. The SMILES string of the molecule is CC(C)(C)OC(=O)N1C=CC=CC1N. The lowest BCUT2D eigenvalue weighted by Crippen LogP contribution is -2.44. The minimum absolute atomic E-state index is 0.425. The van der Waals surface area contributed by atoms with Gasteiger partial charge in [0.15, 0.2) is 0 Å². The molecule has 14 heavy (non-hydrogen) atoms. The summed E-state index contributed by atoms with van der Waals surface area (Å²) in [5, 5.41) is 0. The third-order valence-corrected chi connectivity index (χ3v) is 1.59. The molecule has 0 bridgehead atoms. The van der Waals surface area contributed by atoms with E-state index in [4.69, 9.17) is 10.5 Å². The molecule has 0 radical (unpaired) electrons. The van der Waals surface area contributed by atoms with Crippen LogP contribution >= 0.6 is 0 Å². The van der Waals surface area contributed by atoms with Gasteiger partial charge in [-0.2, -0.15) is 0 Å². The van der Waals surface area contributed by atoms with E-state index in [0.29, 0.717) is 0 Å². The molecule has 0 aromatic heterocycles. The monoisotopic (exact) mass is 196 g/mol. The van der Waals surface area contributed by atoms with Gasteiger partial charge in [0.2, 0.25) is 0 Å². The molecule has 1 atom stereocenters. The Bertz CT molecular complexity index is 276. The predicted octanol–water partition coefficient (Wildman–Crippen LogP) is 1.59. The summed E-state index contributed by atoms with van der Waals surface area (Å²) in [6, 6.07) is 0. The second kappa shape index (κ2) is 3.84. The molecule has 0 spiro atoms. The van der Waals surface area contributed by atoms with Crippen LogP contribution in [0.25, 0.3) is 0 Å². The average molecular weight is 196 g/mol. The molecule has 0 fully saturated rings. The van der Waals surface area contributed by atoms with Crippen molar-refractivity contribution in [2.75, 3.05) is 0 Å². The molecule has 1 amide bonds. The Morgan fingerprint density at radius 2 is 2.07 bits per heavy atom. The zero-order valence-electron chi connectivity index (χ0n) is 8.73. The van der Waals surface area contributed by atoms with Gasteiger partial charge < -0.3 is 10.5 Å². The largest absolute Gasteiger partial charge is 0.443 e. The number of allylic oxidation sites excluding steroid dienone is 2. The van der Waals surface area contributed by atoms with Gasteiger partial charge in [-0.3, -0.25) is 4.90 Å². The maximum Gasteiger partial charge on any atom is 0.415 e. The number of carbonyl (C=O) groups is 1. The van der Waals surface area contributed by atoms with Crippen molar-refractivity contribution in [1.29, 1.82) is 0 Å². The molecule has 1 heterocycles. The van der Waals surface area contributed by atoms with Crippen molar-refractivity contribution in [3.8, 4) is 0 Å². The second-order valence-electron chi connectivity index (χ2n) is 4.10. The fourth-order valence-corrected chi connectivity index (χ4v) is 1.01. The fraction of sp³-hybridized carbons (Fsp3) is 0.500. The van der Waals surface area contributed by atoms with Gasteiger partial charge >= 0.3 is 6.09 Å². The number of hydrogen-bond acceptors (Lipinski definition) is 3. The van der Waals surface area contributed by atoms with Crippen LogP contribution in [0.3, 0.4) is 0 Å². The third kappa shape index (κ3) is 2.88. The van der Waals surface area contributed by atoms with Gasteiger partial charge in [-0.15, -0.1) is 0 Å². The van der Waals surface area contributed by atoms with Crippen molar-refractivity contribution < 1.29 is 9.53 Å². The minimum Gasteiger partial charge on any atom is -0.443 e. The van der Waals surface area contributed by atoms with Crippen molar-refractivity contribution in [1.82, 2.24) is 4.90 Å². The summed E-state index contributed by atoms with van der Waals surface area (Å²) in [6.07, 6.45) is 6.02. The fourth-order valence-electron chi connectivity index (χ4n) is 1.01. The molecule has 0 aromatic carbocycles. The Morgan fingerprint density at radius 3 is 2.57 bits per heavy atom. The van der Waals surface area contributed by atoms with Crippen molar-refractivity contribution in [3.63, 3.8) is 0 Å². The van der Waals surface area contributed by atoms with Crippen LogP contribution in [0.5, 0.6) is 0 Å². The van der Waals surface area contributed by atoms with Crippen LogP contribution in [0.2, 0.25) is 0 Å². The number of hydrogen-bond donors (Lipinski definition) is 1. The van der Waals surface area contributed by atoms with Crippen LogP contribution in [0.4, 0.5) is 4.79 Å². The number of carbonyl (C=O) groups excluding carboxylic acids is 1. The molecular formula is C10H16N2O2. The van der Waals surface area contributed by atoms with Crippen molar-refractivity contribution in [2.45, 2.75) is 32.5 Å². The van der Waals surface area contributed by atoms with E-state index in [1.54, 1.807) is 24.4 Å². The van der Waals surface area contributed by atoms with Crippen LogP contribution in [0.15, 0.2) is 24.4 Å². The maximum atomic E-state index is 11.6. The summed E-state index contributed by atoms with van der Waals surface area (Å²) < 4.78 is 5.17. The van der Waals surface area contributed by atoms with Gasteiger partial charge in [-0.1, -0.05) is 6.08 Å². The number of nitrogens with zero attached hydrogens (tertiary/aromatic N) is 1. The molecular weight excluding hydrogens is 180 g/mol. The summed E-state index contributed by atoms with van der Waals surface area (Å²) >= 11 is 0. The Labute approximate surface area is 84.0 Å². The van der Waals surface area contributed by atoms with E-state index >= 15 is 0 Å².